The van der Waals surface area contributed by atoms with E-state index in [2.05, 4.69) is 0 Å². The normalized spacial score (nSPS) is 11.2. The summed E-state index contributed by atoms with van der Waals surface area (Å²) in [5.41, 5.74) is 0.514. The number of hydrogen-bond acceptors (Lipinski definition) is 3. The van der Waals surface area contributed by atoms with Gasteiger partial charge >= 0.3 is 5.69 Å². The molecule has 2 aromatic rings. The quantitative estimate of drug-likeness (QED) is 0.477. The fraction of sp³-hybridized carbons (Fsp3) is 0.0667. The average Bonchev–Trinajstić information content (AvgIpc) is 2.41. The Bertz CT molecular complexity index is 653. The van der Waals surface area contributed by atoms with Crippen LogP contribution in [0.25, 0.3) is 6.08 Å². The number of rotatable bonds is 4. The van der Waals surface area contributed by atoms with Gasteiger partial charge in [-0.15, -0.1) is 0 Å². The number of nitro benzene ring substituents is 1. The smallest absolute Gasteiger partial charge is 0.314 e. The molecular formula is C15H12FNO3. The molecule has 0 radical (unpaired) electrons. The van der Waals surface area contributed by atoms with E-state index in [0.717, 1.165) is 17.7 Å². The Morgan fingerprint density at radius 2 is 1.95 bits per heavy atom. The summed E-state index contributed by atoms with van der Waals surface area (Å²) in [6.45, 7) is 1.68. The molecule has 0 saturated heterocycles. The second kappa shape index (κ2) is 5.97. The number of halogens is 1. The van der Waals surface area contributed by atoms with E-state index in [1.165, 1.54) is 6.07 Å². The summed E-state index contributed by atoms with van der Waals surface area (Å²) in [4.78, 5) is 10.2. The zero-order valence-electron chi connectivity index (χ0n) is 10.7. The Labute approximate surface area is 115 Å². The minimum absolute atomic E-state index is 0.0149. The molecule has 0 spiro atoms. The summed E-state index contributed by atoms with van der Waals surface area (Å²) in [6, 6.07) is 12.6. The molecule has 0 aliphatic rings. The van der Waals surface area contributed by atoms with Gasteiger partial charge in [0.2, 0.25) is 5.75 Å². The number of nitrogens with zero attached hydrogens (tertiary/aromatic N) is 1. The van der Waals surface area contributed by atoms with Crippen LogP contribution in [0.5, 0.6) is 5.75 Å². The Morgan fingerprint density at radius 3 is 2.60 bits per heavy atom. The van der Waals surface area contributed by atoms with Crippen molar-refractivity contribution in [3.63, 3.8) is 0 Å². The number of nitro groups is 1. The largest absolute Gasteiger partial charge is 0.455 e. The predicted molar refractivity (Wildman–Crippen MR) is 73.8 cm³/mol. The molecule has 0 heterocycles. The molecule has 0 aliphatic carbocycles. The second-order valence-electron chi connectivity index (χ2n) is 4.14. The van der Waals surface area contributed by atoms with Crippen LogP contribution in [-0.4, -0.2) is 4.92 Å². The van der Waals surface area contributed by atoms with Crippen molar-refractivity contribution in [2.24, 2.45) is 0 Å². The number of benzene rings is 2. The van der Waals surface area contributed by atoms with E-state index in [4.69, 9.17) is 4.74 Å². The highest BCUT2D eigenvalue weighted by Crippen LogP contribution is 2.29. The van der Waals surface area contributed by atoms with Gasteiger partial charge in [0.15, 0.2) is 0 Å². The molecule has 0 aliphatic heterocycles. The van der Waals surface area contributed by atoms with Crippen LogP contribution in [0, 0.1) is 15.9 Å². The van der Waals surface area contributed by atoms with Gasteiger partial charge in [0, 0.05) is 0 Å². The van der Waals surface area contributed by atoms with E-state index in [1.54, 1.807) is 13.0 Å². The minimum atomic E-state index is -0.672. The number of allylic oxidation sites excluding steroid dienone is 1. The molecule has 102 valence electrons. The van der Waals surface area contributed by atoms with Crippen LogP contribution in [0.2, 0.25) is 0 Å². The van der Waals surface area contributed by atoms with E-state index in [1.807, 2.05) is 30.3 Å². The summed E-state index contributed by atoms with van der Waals surface area (Å²) in [5, 5.41) is 10.9. The van der Waals surface area contributed by atoms with Crippen molar-refractivity contribution >= 4 is 11.8 Å². The summed E-state index contributed by atoms with van der Waals surface area (Å²) < 4.78 is 18.4. The zero-order valence-corrected chi connectivity index (χ0v) is 10.7. The molecule has 0 N–H and O–H groups in total. The first-order chi connectivity index (χ1) is 9.56. The molecule has 0 atom stereocenters. The Balaban J connectivity index is 2.26. The SMILES string of the molecule is C/C(=C/c1ccccc1)Oc1ccc(F)cc1[N+](=O)[O-]. The van der Waals surface area contributed by atoms with Crippen LogP contribution < -0.4 is 4.74 Å². The van der Waals surface area contributed by atoms with E-state index in [-0.39, 0.29) is 5.75 Å². The second-order valence-corrected chi connectivity index (χ2v) is 4.14. The van der Waals surface area contributed by atoms with Crippen molar-refractivity contribution in [1.82, 2.24) is 0 Å². The summed E-state index contributed by atoms with van der Waals surface area (Å²) in [5.74, 6) is -0.180. The van der Waals surface area contributed by atoms with Gasteiger partial charge in [-0.2, -0.15) is 0 Å². The molecule has 0 amide bonds. The van der Waals surface area contributed by atoms with Crippen molar-refractivity contribution in [2.45, 2.75) is 6.92 Å². The maximum absolute atomic E-state index is 13.0. The van der Waals surface area contributed by atoms with Crippen LogP contribution in [0.4, 0.5) is 10.1 Å². The average molecular weight is 273 g/mol. The van der Waals surface area contributed by atoms with Crippen LogP contribution in [0.3, 0.4) is 0 Å². The lowest BCUT2D eigenvalue weighted by Gasteiger charge is -2.06. The van der Waals surface area contributed by atoms with Crippen LogP contribution in [0.15, 0.2) is 54.3 Å². The third-order valence-electron chi connectivity index (χ3n) is 2.56. The molecular weight excluding hydrogens is 261 g/mol. The van der Waals surface area contributed by atoms with Crippen molar-refractivity contribution in [1.29, 1.82) is 0 Å². The number of hydrogen-bond donors (Lipinski definition) is 0. The van der Waals surface area contributed by atoms with Crippen molar-refractivity contribution in [2.75, 3.05) is 0 Å². The van der Waals surface area contributed by atoms with Gasteiger partial charge in [0.25, 0.3) is 0 Å². The van der Waals surface area contributed by atoms with Crippen molar-refractivity contribution in [3.05, 3.63) is 75.8 Å². The van der Waals surface area contributed by atoms with Crippen molar-refractivity contribution < 1.29 is 14.1 Å². The van der Waals surface area contributed by atoms with Gasteiger partial charge in [-0.25, -0.2) is 4.39 Å². The maximum atomic E-state index is 13.0. The molecule has 20 heavy (non-hydrogen) atoms. The van der Waals surface area contributed by atoms with E-state index in [9.17, 15) is 14.5 Å². The summed E-state index contributed by atoms with van der Waals surface area (Å²) >= 11 is 0. The van der Waals surface area contributed by atoms with Crippen LogP contribution >= 0.6 is 0 Å². The first-order valence-corrected chi connectivity index (χ1v) is 5.91. The molecule has 0 bridgehead atoms. The first-order valence-electron chi connectivity index (χ1n) is 5.91. The Morgan fingerprint density at radius 1 is 1.25 bits per heavy atom. The van der Waals surface area contributed by atoms with E-state index >= 15 is 0 Å². The molecule has 0 aromatic heterocycles. The van der Waals surface area contributed by atoms with Gasteiger partial charge in [-0.3, -0.25) is 10.1 Å². The summed E-state index contributed by atoms with van der Waals surface area (Å²) in [6.07, 6.45) is 1.74. The number of ether oxygens (including phenoxy) is 1. The lowest BCUT2D eigenvalue weighted by molar-refractivity contribution is -0.385. The topological polar surface area (TPSA) is 52.4 Å². The maximum Gasteiger partial charge on any atom is 0.314 e. The highest BCUT2D eigenvalue weighted by atomic mass is 19.1. The third-order valence-corrected chi connectivity index (χ3v) is 2.56. The van der Waals surface area contributed by atoms with Gasteiger partial charge in [-0.05, 0) is 30.7 Å². The molecule has 0 saturated carbocycles. The molecule has 2 rings (SSSR count). The lowest BCUT2D eigenvalue weighted by atomic mass is 10.2. The standard InChI is InChI=1S/C15H12FNO3/c1-11(9-12-5-3-2-4-6-12)20-15-8-7-13(16)10-14(15)17(18)19/h2-10H,1H3/b11-9-. The Hall–Kier alpha value is -2.69. The molecule has 0 unspecified atom stereocenters. The van der Waals surface area contributed by atoms with Crippen molar-refractivity contribution in [3.8, 4) is 5.75 Å². The monoisotopic (exact) mass is 273 g/mol. The molecule has 5 heteroatoms. The molecule has 2 aromatic carbocycles. The first kappa shape index (κ1) is 13.7. The van der Waals surface area contributed by atoms with Crippen LogP contribution in [-0.2, 0) is 0 Å². The minimum Gasteiger partial charge on any atom is -0.455 e. The fourth-order valence-corrected chi connectivity index (χ4v) is 1.71. The lowest BCUT2D eigenvalue weighted by Crippen LogP contribution is -1.97. The van der Waals surface area contributed by atoms with Gasteiger partial charge in [0.1, 0.15) is 11.6 Å². The zero-order chi connectivity index (χ0) is 14.5. The van der Waals surface area contributed by atoms with Gasteiger partial charge in [0.05, 0.1) is 11.0 Å². The van der Waals surface area contributed by atoms with Crippen LogP contribution in [0.1, 0.15) is 12.5 Å². The third kappa shape index (κ3) is 3.41. The van der Waals surface area contributed by atoms with Gasteiger partial charge in [-0.1, -0.05) is 30.3 Å². The fourth-order valence-electron chi connectivity index (χ4n) is 1.71. The highest BCUT2D eigenvalue weighted by Gasteiger charge is 2.16. The molecule has 4 nitrogen and oxygen atoms in total. The summed E-state index contributed by atoms with van der Waals surface area (Å²) in [7, 11) is 0. The van der Waals surface area contributed by atoms with Gasteiger partial charge < -0.3 is 4.74 Å². The highest BCUT2D eigenvalue weighted by molar-refractivity contribution is 5.53. The Kier molecular flexibility index (Phi) is 4.10. The molecule has 0 fully saturated rings. The predicted octanol–water partition coefficient (Wildman–Crippen LogP) is 4.17. The van der Waals surface area contributed by atoms with E-state index < -0.39 is 16.4 Å². The van der Waals surface area contributed by atoms with E-state index in [0.29, 0.717) is 5.76 Å².